The van der Waals surface area contributed by atoms with Crippen molar-refractivity contribution < 1.29 is 9.59 Å². The van der Waals surface area contributed by atoms with E-state index in [-0.39, 0.29) is 11.8 Å². The van der Waals surface area contributed by atoms with Gasteiger partial charge in [0, 0.05) is 40.1 Å². The van der Waals surface area contributed by atoms with E-state index in [0.717, 1.165) is 32.4 Å². The van der Waals surface area contributed by atoms with E-state index < -0.39 is 0 Å². The molecule has 1 saturated carbocycles. The monoisotopic (exact) mass is 439 g/mol. The molecule has 1 aliphatic rings. The maximum Gasteiger partial charge on any atom is 0.251 e. The first-order valence-corrected chi connectivity index (χ1v) is 11.9. The fourth-order valence-corrected chi connectivity index (χ4v) is 4.64. The van der Waals surface area contributed by atoms with Gasteiger partial charge in [0.15, 0.2) is 0 Å². The summed E-state index contributed by atoms with van der Waals surface area (Å²) in [5, 5.41) is 10.1. The number of anilines is 1. The second-order valence-electron chi connectivity index (χ2n) is 7.50. The largest absolute Gasteiger partial charge is 0.349 e. The Hall–Kier alpha value is -2.48. The smallest absolute Gasteiger partial charge is 0.251 e. The molecule has 0 spiro atoms. The molecule has 0 bridgehead atoms. The summed E-state index contributed by atoms with van der Waals surface area (Å²) in [6, 6.07) is 15.8. The van der Waals surface area contributed by atoms with Gasteiger partial charge >= 0.3 is 0 Å². The summed E-state index contributed by atoms with van der Waals surface area (Å²) in [5.74, 6) is -0.152. The van der Waals surface area contributed by atoms with Crippen molar-refractivity contribution in [1.29, 1.82) is 0 Å². The molecule has 0 unspecified atom stereocenters. The molecule has 156 valence electrons. The molecule has 1 aromatic carbocycles. The predicted molar refractivity (Wildman–Crippen MR) is 123 cm³/mol. The van der Waals surface area contributed by atoms with E-state index in [4.69, 9.17) is 0 Å². The zero-order chi connectivity index (χ0) is 20.8. The maximum atomic E-state index is 12.7. The molecule has 30 heavy (non-hydrogen) atoms. The van der Waals surface area contributed by atoms with Crippen LogP contribution >= 0.6 is 22.7 Å². The van der Waals surface area contributed by atoms with Crippen LogP contribution < -0.4 is 10.6 Å². The molecule has 2 amide bonds. The van der Waals surface area contributed by atoms with E-state index in [1.165, 1.54) is 9.75 Å². The highest BCUT2D eigenvalue weighted by Gasteiger charge is 2.23. The maximum absolute atomic E-state index is 12.7. The number of hydrogen-bond donors (Lipinski definition) is 2. The summed E-state index contributed by atoms with van der Waals surface area (Å²) in [6.07, 6.45) is 3.02. The van der Waals surface area contributed by atoms with Crippen molar-refractivity contribution in [3.05, 3.63) is 74.6 Å². The topological polar surface area (TPSA) is 61.4 Å². The van der Waals surface area contributed by atoms with Crippen LogP contribution in [-0.2, 0) is 17.8 Å². The minimum absolute atomic E-state index is 0.0718. The number of carbonyl (C=O) groups excluding carboxylic acids is 2. The van der Waals surface area contributed by atoms with Crippen LogP contribution in [0.2, 0.25) is 0 Å². The molecule has 0 saturated heterocycles. The Bertz CT molecular complexity index is 966. The summed E-state index contributed by atoms with van der Waals surface area (Å²) < 4.78 is 0. The predicted octanol–water partition coefficient (Wildman–Crippen LogP) is 4.39. The summed E-state index contributed by atoms with van der Waals surface area (Å²) in [7, 11) is 0. The van der Waals surface area contributed by atoms with Crippen molar-refractivity contribution in [1.82, 2.24) is 10.2 Å². The van der Waals surface area contributed by atoms with E-state index >= 15 is 0 Å². The van der Waals surface area contributed by atoms with E-state index in [1.807, 2.05) is 12.1 Å². The highest BCUT2D eigenvalue weighted by Crippen LogP contribution is 2.20. The van der Waals surface area contributed by atoms with Crippen molar-refractivity contribution in [2.45, 2.75) is 31.8 Å². The minimum Gasteiger partial charge on any atom is -0.349 e. The van der Waals surface area contributed by atoms with E-state index in [2.05, 4.69) is 44.5 Å². The van der Waals surface area contributed by atoms with E-state index in [0.29, 0.717) is 23.8 Å². The number of benzene rings is 1. The number of hydrogen-bond acceptors (Lipinski definition) is 5. The van der Waals surface area contributed by atoms with Crippen molar-refractivity contribution >= 4 is 40.2 Å². The molecule has 0 atom stereocenters. The van der Waals surface area contributed by atoms with E-state index in [9.17, 15) is 9.59 Å². The number of thiophene rings is 2. The molecule has 2 heterocycles. The fraction of sp³-hybridized carbons (Fsp3) is 0.304. The highest BCUT2D eigenvalue weighted by molar-refractivity contribution is 7.10. The lowest BCUT2D eigenvalue weighted by Gasteiger charge is -2.21. The summed E-state index contributed by atoms with van der Waals surface area (Å²) in [4.78, 5) is 29.7. The standard InChI is InChI=1S/C23H25N3O2S2/c27-22(24-19-5-1-4-17(14-19)23(28)25-18-8-9-18)16-26(15-21-7-3-13-30-21)11-10-20-6-2-12-29-20/h1-7,12-14,18H,8-11,15-16H2,(H,24,27)(H,25,28). The molecule has 4 rings (SSSR count). The zero-order valence-corrected chi connectivity index (χ0v) is 18.3. The Morgan fingerprint density at radius 1 is 1.00 bits per heavy atom. The van der Waals surface area contributed by atoms with Gasteiger partial charge in [-0.25, -0.2) is 0 Å². The molecule has 2 aromatic heterocycles. The lowest BCUT2D eigenvalue weighted by molar-refractivity contribution is -0.117. The lowest BCUT2D eigenvalue weighted by Crippen LogP contribution is -2.34. The van der Waals surface area contributed by atoms with Gasteiger partial charge < -0.3 is 10.6 Å². The first kappa shape index (κ1) is 20.8. The first-order valence-electron chi connectivity index (χ1n) is 10.1. The van der Waals surface area contributed by atoms with Gasteiger partial charge in [-0.1, -0.05) is 18.2 Å². The van der Waals surface area contributed by atoms with E-state index in [1.54, 1.807) is 40.9 Å². The first-order chi connectivity index (χ1) is 14.7. The molecule has 1 fully saturated rings. The normalized spacial score (nSPS) is 13.4. The van der Waals surface area contributed by atoms with Crippen LogP contribution in [0, 0.1) is 0 Å². The van der Waals surface area contributed by atoms with Crippen LogP contribution in [0.25, 0.3) is 0 Å². The van der Waals surface area contributed by atoms with Crippen LogP contribution in [0.15, 0.2) is 59.3 Å². The van der Waals surface area contributed by atoms with Gasteiger partial charge in [0.2, 0.25) is 5.91 Å². The van der Waals surface area contributed by atoms with Crippen LogP contribution in [0.4, 0.5) is 5.69 Å². The van der Waals surface area contributed by atoms with Gasteiger partial charge in [0.05, 0.1) is 6.54 Å². The van der Waals surface area contributed by atoms with Crippen molar-refractivity contribution in [3.63, 3.8) is 0 Å². The van der Waals surface area contributed by atoms with Crippen molar-refractivity contribution in [2.24, 2.45) is 0 Å². The number of nitrogens with zero attached hydrogens (tertiary/aromatic N) is 1. The Morgan fingerprint density at radius 2 is 1.77 bits per heavy atom. The third-order valence-electron chi connectivity index (χ3n) is 4.90. The van der Waals surface area contributed by atoms with Gasteiger partial charge in [-0.05, 0) is 60.4 Å². The van der Waals surface area contributed by atoms with Crippen LogP contribution in [-0.4, -0.2) is 35.8 Å². The summed E-state index contributed by atoms with van der Waals surface area (Å²) >= 11 is 3.45. The number of carbonyl (C=O) groups is 2. The second kappa shape index (κ2) is 10.0. The molecule has 0 radical (unpaired) electrons. The lowest BCUT2D eigenvalue weighted by atomic mass is 10.2. The number of nitrogens with one attached hydrogen (secondary N) is 2. The van der Waals surface area contributed by atoms with Crippen LogP contribution in [0.3, 0.4) is 0 Å². The Balaban J connectivity index is 1.35. The molecule has 2 N–H and O–H groups in total. The van der Waals surface area contributed by atoms with Gasteiger partial charge in [-0.3, -0.25) is 14.5 Å². The molecule has 3 aromatic rings. The number of amides is 2. The van der Waals surface area contributed by atoms with Gasteiger partial charge in [0.25, 0.3) is 5.91 Å². The molecular formula is C23H25N3O2S2. The third kappa shape index (κ3) is 6.26. The summed E-state index contributed by atoms with van der Waals surface area (Å²) in [5.41, 5.74) is 1.23. The third-order valence-corrected chi connectivity index (χ3v) is 6.70. The zero-order valence-electron chi connectivity index (χ0n) is 16.7. The van der Waals surface area contributed by atoms with Gasteiger partial charge in [-0.2, -0.15) is 0 Å². The SMILES string of the molecule is O=C(CN(CCc1cccs1)Cc1cccs1)Nc1cccc(C(=O)NC2CC2)c1. The molecular weight excluding hydrogens is 414 g/mol. The fourth-order valence-electron chi connectivity index (χ4n) is 3.20. The second-order valence-corrected chi connectivity index (χ2v) is 9.56. The average molecular weight is 440 g/mol. The molecule has 1 aliphatic carbocycles. The van der Waals surface area contributed by atoms with Crippen molar-refractivity contribution in [3.8, 4) is 0 Å². The quantitative estimate of drug-likeness (QED) is 0.493. The van der Waals surface area contributed by atoms with Gasteiger partial charge in [0.1, 0.15) is 0 Å². The molecule has 5 nitrogen and oxygen atoms in total. The minimum atomic E-state index is -0.0798. The Morgan fingerprint density at radius 3 is 2.47 bits per heavy atom. The van der Waals surface area contributed by atoms with Gasteiger partial charge in [-0.15, -0.1) is 22.7 Å². The molecule has 0 aliphatic heterocycles. The number of rotatable bonds is 10. The highest BCUT2D eigenvalue weighted by atomic mass is 32.1. The molecule has 7 heteroatoms. The van der Waals surface area contributed by atoms with Crippen molar-refractivity contribution in [2.75, 3.05) is 18.4 Å². The summed E-state index contributed by atoms with van der Waals surface area (Å²) in [6.45, 7) is 1.87. The van der Waals surface area contributed by atoms with Crippen LogP contribution in [0.5, 0.6) is 0 Å². The average Bonchev–Trinajstić information content (AvgIpc) is 3.18. The van der Waals surface area contributed by atoms with Crippen LogP contribution in [0.1, 0.15) is 33.0 Å². The Labute approximate surface area is 184 Å². The Kier molecular flexibility index (Phi) is 6.94.